The molecule has 0 bridgehead atoms. The minimum atomic E-state index is -1.47. The molecule has 0 saturated carbocycles. The third kappa shape index (κ3) is 21.9. The second kappa shape index (κ2) is 20.4. The molecule has 0 nitrogen and oxygen atoms in total. The van der Waals surface area contributed by atoms with E-state index in [2.05, 4.69) is 13.8 Å². The zero-order chi connectivity index (χ0) is 18.6. The number of unbranched alkanes of at least 4 members (excludes halogenated alkanes) is 14. The van der Waals surface area contributed by atoms with Crippen LogP contribution in [0.5, 0.6) is 0 Å². The Balaban J connectivity index is 3.34. The molecular formula is C20H43PS4. The first kappa shape index (κ1) is 26.7. The van der Waals surface area contributed by atoms with Crippen molar-refractivity contribution in [2.24, 2.45) is 0 Å². The Hall–Kier alpha value is 1.70. The quantitative estimate of drug-likeness (QED) is 0.113. The highest BCUT2D eigenvalue weighted by Gasteiger charge is 2.12. The molecule has 5 heteroatoms. The Morgan fingerprint density at radius 3 is 1.16 bits per heavy atom. The minimum Gasteiger partial charge on any atom is -0.122 e. The monoisotopic (exact) mass is 442 g/mol. The Morgan fingerprint density at radius 2 is 0.840 bits per heavy atom. The van der Waals surface area contributed by atoms with E-state index in [1.807, 2.05) is 22.8 Å². The van der Waals surface area contributed by atoms with Crippen molar-refractivity contribution in [1.82, 2.24) is 0 Å². The molecule has 0 aromatic carbocycles. The zero-order valence-electron chi connectivity index (χ0n) is 16.8. The van der Waals surface area contributed by atoms with Gasteiger partial charge >= 0.3 is 0 Å². The first-order valence-corrected chi connectivity index (χ1v) is 17.9. The summed E-state index contributed by atoms with van der Waals surface area (Å²) in [5.74, 6) is 2.44. The van der Waals surface area contributed by atoms with E-state index in [0.29, 0.717) is 0 Å². The second-order valence-corrected chi connectivity index (χ2v) is 22.1. The van der Waals surface area contributed by atoms with Crippen molar-refractivity contribution in [2.75, 3.05) is 11.5 Å². The van der Waals surface area contributed by atoms with Gasteiger partial charge in [-0.2, -0.15) is 0 Å². The van der Waals surface area contributed by atoms with Gasteiger partial charge in [0, 0.05) is 0 Å². The van der Waals surface area contributed by atoms with Crippen LogP contribution in [0.15, 0.2) is 0 Å². The lowest BCUT2D eigenvalue weighted by Gasteiger charge is -2.14. The van der Waals surface area contributed by atoms with Crippen LogP contribution < -0.4 is 0 Å². The van der Waals surface area contributed by atoms with E-state index in [1.54, 1.807) is 0 Å². The van der Waals surface area contributed by atoms with Crippen molar-refractivity contribution in [3.63, 3.8) is 0 Å². The molecule has 25 heavy (non-hydrogen) atoms. The summed E-state index contributed by atoms with van der Waals surface area (Å²) in [6, 6.07) is 0. The lowest BCUT2D eigenvalue weighted by molar-refractivity contribution is 0.586. The summed E-state index contributed by atoms with van der Waals surface area (Å²) in [5, 5.41) is 0. The molecule has 0 saturated heterocycles. The van der Waals surface area contributed by atoms with Gasteiger partial charge in [0.15, 0.2) is 0 Å². The van der Waals surface area contributed by atoms with Crippen molar-refractivity contribution < 1.29 is 0 Å². The Kier molecular flexibility index (Phi) is 21.8. The molecule has 0 fully saturated rings. The maximum Gasteiger partial charge on any atom is 0.106 e. The Morgan fingerprint density at radius 1 is 0.560 bits per heavy atom. The SMILES string of the molecule is CCCCCCCCCCSP(=S)(S)SCCCCCCCCCC. The van der Waals surface area contributed by atoms with Gasteiger partial charge in [0.25, 0.3) is 0 Å². The average molecular weight is 443 g/mol. The molecule has 0 radical (unpaired) electrons. The van der Waals surface area contributed by atoms with Crippen molar-refractivity contribution >= 4 is 50.5 Å². The topological polar surface area (TPSA) is 0 Å². The van der Waals surface area contributed by atoms with Gasteiger partial charge in [-0.25, -0.2) is 0 Å². The standard InChI is InChI=1S/C20H43PS4/c1-3-5-7-9-11-13-15-17-19-24-21(22,23)25-20-18-16-14-12-10-8-6-4-2/h3-20H2,1-2H3,(H,22,23). The summed E-state index contributed by atoms with van der Waals surface area (Å²) in [4.78, 5) is 0. The average Bonchev–Trinajstić information content (AvgIpc) is 2.59. The van der Waals surface area contributed by atoms with E-state index in [1.165, 1.54) is 114 Å². The first-order chi connectivity index (χ1) is 12.1. The summed E-state index contributed by atoms with van der Waals surface area (Å²) in [6.07, 6.45) is 22.3. The van der Waals surface area contributed by atoms with Crippen molar-refractivity contribution in [1.29, 1.82) is 0 Å². The van der Waals surface area contributed by atoms with Crippen LogP contribution in [-0.2, 0) is 11.8 Å². The van der Waals surface area contributed by atoms with Crippen LogP contribution in [0.25, 0.3) is 0 Å². The number of hydrogen-bond acceptors (Lipinski definition) is 3. The molecule has 0 aromatic heterocycles. The molecule has 0 aliphatic heterocycles. The molecule has 0 aromatic rings. The zero-order valence-corrected chi connectivity index (χ0v) is 21.1. The maximum absolute atomic E-state index is 5.74. The highest BCUT2D eigenvalue weighted by Crippen LogP contribution is 2.73. The fourth-order valence-corrected chi connectivity index (χ4v) is 11.3. The predicted octanol–water partition coefficient (Wildman–Crippen LogP) is 9.89. The third-order valence-electron chi connectivity index (χ3n) is 4.50. The molecule has 0 spiro atoms. The van der Waals surface area contributed by atoms with Gasteiger partial charge in [0.1, 0.15) is 3.64 Å². The predicted molar refractivity (Wildman–Crippen MR) is 133 cm³/mol. The van der Waals surface area contributed by atoms with Gasteiger partial charge < -0.3 is 0 Å². The molecular weight excluding hydrogens is 399 g/mol. The summed E-state index contributed by atoms with van der Waals surface area (Å²) >= 11 is 14.5. The van der Waals surface area contributed by atoms with E-state index in [4.69, 9.17) is 24.1 Å². The molecule has 0 atom stereocenters. The third-order valence-corrected chi connectivity index (χ3v) is 15.0. The fourth-order valence-electron chi connectivity index (χ4n) is 2.87. The second-order valence-electron chi connectivity index (χ2n) is 7.08. The number of rotatable bonds is 20. The van der Waals surface area contributed by atoms with Gasteiger partial charge in [-0.3, -0.25) is 0 Å². The molecule has 0 aliphatic carbocycles. The smallest absolute Gasteiger partial charge is 0.106 e. The van der Waals surface area contributed by atoms with E-state index >= 15 is 0 Å². The summed E-state index contributed by atoms with van der Waals surface area (Å²) < 4.78 is -1.47. The van der Waals surface area contributed by atoms with Crippen LogP contribution in [0.2, 0.25) is 0 Å². The molecule has 0 amide bonds. The molecule has 152 valence electrons. The Bertz CT molecular complexity index is 284. The van der Waals surface area contributed by atoms with Gasteiger partial charge in [-0.1, -0.05) is 116 Å². The summed E-state index contributed by atoms with van der Waals surface area (Å²) in [6.45, 7) is 4.57. The highest BCUT2D eigenvalue weighted by molar-refractivity contribution is 9.20. The Labute approximate surface area is 177 Å². The van der Waals surface area contributed by atoms with E-state index in [-0.39, 0.29) is 0 Å². The van der Waals surface area contributed by atoms with Crippen LogP contribution >= 0.6 is 38.7 Å². The fraction of sp³-hybridized carbons (Fsp3) is 1.00. The van der Waals surface area contributed by atoms with Crippen LogP contribution in [-0.4, -0.2) is 11.5 Å². The first-order valence-electron chi connectivity index (χ1n) is 10.7. The van der Waals surface area contributed by atoms with Crippen LogP contribution in [0, 0.1) is 0 Å². The van der Waals surface area contributed by atoms with E-state index in [9.17, 15) is 0 Å². The highest BCUT2D eigenvalue weighted by atomic mass is 33.5. The lowest BCUT2D eigenvalue weighted by Crippen LogP contribution is -1.84. The van der Waals surface area contributed by atoms with Crippen LogP contribution in [0.4, 0.5) is 0 Å². The minimum absolute atomic E-state index is 1.22. The van der Waals surface area contributed by atoms with Crippen molar-refractivity contribution in [2.45, 2.75) is 117 Å². The lowest BCUT2D eigenvalue weighted by atomic mass is 10.1. The molecule has 0 aliphatic rings. The van der Waals surface area contributed by atoms with Crippen molar-refractivity contribution in [3.05, 3.63) is 0 Å². The van der Waals surface area contributed by atoms with E-state index in [0.717, 1.165) is 0 Å². The number of thiol groups is 1. The van der Waals surface area contributed by atoms with E-state index < -0.39 is 3.64 Å². The van der Waals surface area contributed by atoms with Gasteiger partial charge in [0.2, 0.25) is 0 Å². The maximum atomic E-state index is 5.74. The molecule has 0 rings (SSSR count). The van der Waals surface area contributed by atoms with Gasteiger partial charge in [-0.15, -0.1) is 35.0 Å². The summed E-state index contributed by atoms with van der Waals surface area (Å²) in [7, 11) is 0. The van der Waals surface area contributed by atoms with Crippen LogP contribution in [0.1, 0.15) is 117 Å². The number of hydrogen-bond donors (Lipinski definition) is 1. The van der Waals surface area contributed by atoms with Crippen LogP contribution in [0.3, 0.4) is 0 Å². The summed E-state index contributed by atoms with van der Waals surface area (Å²) in [5.41, 5.74) is 0. The molecule has 0 heterocycles. The van der Waals surface area contributed by atoms with Gasteiger partial charge in [-0.05, 0) is 24.3 Å². The van der Waals surface area contributed by atoms with Gasteiger partial charge in [0.05, 0.1) is 0 Å². The molecule has 0 N–H and O–H groups in total. The largest absolute Gasteiger partial charge is 0.122 e. The van der Waals surface area contributed by atoms with Crippen molar-refractivity contribution in [3.8, 4) is 0 Å². The normalized spacial score (nSPS) is 12.0. The molecule has 0 unspecified atom stereocenters.